The van der Waals surface area contributed by atoms with Crippen LogP contribution >= 0.6 is 0 Å². The van der Waals surface area contributed by atoms with Crippen LogP contribution < -0.4 is 10.1 Å². The Kier molecular flexibility index (Phi) is 4.51. The maximum Gasteiger partial charge on any atom is 0.317 e. The van der Waals surface area contributed by atoms with Crippen molar-refractivity contribution in [1.29, 1.82) is 0 Å². The lowest BCUT2D eigenvalue weighted by Gasteiger charge is -2.31. The Hall–Kier alpha value is -2.96. The van der Waals surface area contributed by atoms with Gasteiger partial charge in [0.15, 0.2) is 0 Å². The molecule has 3 N–H and O–H groups in total. The molecule has 7 nitrogen and oxygen atoms in total. The van der Waals surface area contributed by atoms with Gasteiger partial charge in [0.1, 0.15) is 11.6 Å². The highest BCUT2D eigenvalue weighted by Crippen LogP contribution is 2.24. The first-order chi connectivity index (χ1) is 12.7. The van der Waals surface area contributed by atoms with E-state index in [0.717, 1.165) is 47.6 Å². The standard InChI is InChI=1S/C19H23N5O2/c1-26-16-4-5-17-14(10-16)9-15(23-17)11-22-19(25)24-8-2-3-13(12-24)18-20-6-7-21-18/h4-7,9-10,13,23H,2-3,8,11-12H2,1H3,(H,20,21)(H,22,25). The maximum atomic E-state index is 12.6. The molecule has 0 radical (unpaired) electrons. The van der Waals surface area contributed by atoms with Gasteiger partial charge in [0.05, 0.1) is 13.7 Å². The van der Waals surface area contributed by atoms with Crippen molar-refractivity contribution in [2.45, 2.75) is 25.3 Å². The van der Waals surface area contributed by atoms with Crippen molar-refractivity contribution in [3.63, 3.8) is 0 Å². The van der Waals surface area contributed by atoms with Crippen molar-refractivity contribution in [3.05, 3.63) is 48.2 Å². The highest BCUT2D eigenvalue weighted by molar-refractivity contribution is 5.82. The molecule has 7 heteroatoms. The number of benzene rings is 1. The number of ether oxygens (including phenoxy) is 1. The minimum absolute atomic E-state index is 0.0301. The molecule has 1 aliphatic rings. The van der Waals surface area contributed by atoms with Crippen LogP contribution in [0.2, 0.25) is 0 Å². The van der Waals surface area contributed by atoms with Crippen LogP contribution in [-0.2, 0) is 6.54 Å². The maximum absolute atomic E-state index is 12.6. The van der Waals surface area contributed by atoms with Gasteiger partial charge in [-0.1, -0.05) is 0 Å². The number of urea groups is 1. The van der Waals surface area contributed by atoms with Crippen molar-refractivity contribution in [3.8, 4) is 5.75 Å². The lowest BCUT2D eigenvalue weighted by Crippen LogP contribution is -2.44. The van der Waals surface area contributed by atoms with Crippen LogP contribution in [0.25, 0.3) is 10.9 Å². The molecule has 0 aliphatic carbocycles. The Bertz CT molecular complexity index is 887. The molecule has 1 unspecified atom stereocenters. The Morgan fingerprint density at radius 3 is 3.15 bits per heavy atom. The van der Waals surface area contributed by atoms with E-state index in [1.54, 1.807) is 13.3 Å². The number of carbonyl (C=O) groups excluding carboxylic acids is 1. The highest BCUT2D eigenvalue weighted by Gasteiger charge is 2.26. The third kappa shape index (κ3) is 3.37. The molecule has 3 aromatic rings. The first-order valence-electron chi connectivity index (χ1n) is 8.90. The van der Waals surface area contributed by atoms with Crippen LogP contribution in [0.3, 0.4) is 0 Å². The second-order valence-corrected chi connectivity index (χ2v) is 6.67. The Labute approximate surface area is 151 Å². The minimum atomic E-state index is -0.0301. The van der Waals surface area contributed by atoms with Crippen LogP contribution in [0, 0.1) is 0 Å². The molecule has 0 bridgehead atoms. The molecule has 1 atom stereocenters. The number of aromatic nitrogens is 3. The van der Waals surface area contributed by atoms with Gasteiger partial charge in [0.25, 0.3) is 0 Å². The summed E-state index contributed by atoms with van der Waals surface area (Å²) in [5.74, 6) is 2.07. The van der Waals surface area contributed by atoms with Crippen molar-refractivity contribution in [2.75, 3.05) is 20.2 Å². The molecule has 2 aromatic heterocycles. The van der Waals surface area contributed by atoms with Crippen molar-refractivity contribution in [2.24, 2.45) is 0 Å². The van der Waals surface area contributed by atoms with Gasteiger partial charge in [0, 0.05) is 48.0 Å². The molecule has 0 spiro atoms. The fourth-order valence-corrected chi connectivity index (χ4v) is 3.56. The molecule has 136 valence electrons. The Morgan fingerprint density at radius 2 is 2.35 bits per heavy atom. The van der Waals surface area contributed by atoms with E-state index in [1.807, 2.05) is 35.4 Å². The monoisotopic (exact) mass is 353 g/mol. The lowest BCUT2D eigenvalue weighted by atomic mass is 9.98. The topological polar surface area (TPSA) is 86.0 Å². The molecule has 0 saturated carbocycles. The first-order valence-corrected chi connectivity index (χ1v) is 8.90. The van der Waals surface area contributed by atoms with E-state index in [4.69, 9.17) is 4.74 Å². The van der Waals surface area contributed by atoms with E-state index >= 15 is 0 Å². The van der Waals surface area contributed by atoms with Gasteiger partial charge in [-0.05, 0) is 37.1 Å². The van der Waals surface area contributed by atoms with Crippen molar-refractivity contribution < 1.29 is 9.53 Å². The number of hydrogen-bond acceptors (Lipinski definition) is 3. The fraction of sp³-hybridized carbons (Fsp3) is 0.368. The zero-order valence-corrected chi connectivity index (χ0v) is 14.8. The number of H-pyrrole nitrogens is 2. The van der Waals surface area contributed by atoms with Crippen molar-refractivity contribution in [1.82, 2.24) is 25.2 Å². The number of amides is 2. The van der Waals surface area contributed by atoms with Gasteiger partial charge in [0.2, 0.25) is 0 Å². The SMILES string of the molecule is COc1ccc2[nH]c(CNC(=O)N3CCCC(c4ncc[nH]4)C3)cc2c1. The number of methoxy groups -OCH3 is 1. The minimum Gasteiger partial charge on any atom is -0.497 e. The van der Waals surface area contributed by atoms with Gasteiger partial charge < -0.3 is 24.9 Å². The summed E-state index contributed by atoms with van der Waals surface area (Å²) in [4.78, 5) is 25.3. The number of fused-ring (bicyclic) bond motifs is 1. The van der Waals surface area contributed by atoms with Gasteiger partial charge >= 0.3 is 6.03 Å². The molecule has 4 rings (SSSR count). The third-order valence-electron chi connectivity index (χ3n) is 4.93. The molecular weight excluding hydrogens is 330 g/mol. The van der Waals surface area contributed by atoms with Gasteiger partial charge in [-0.3, -0.25) is 0 Å². The van der Waals surface area contributed by atoms with Crippen LogP contribution in [0.15, 0.2) is 36.7 Å². The molecule has 1 saturated heterocycles. The zero-order valence-electron chi connectivity index (χ0n) is 14.8. The second kappa shape index (κ2) is 7.11. The first kappa shape index (κ1) is 16.5. The number of nitrogens with zero attached hydrogens (tertiary/aromatic N) is 2. The zero-order chi connectivity index (χ0) is 17.9. The van der Waals surface area contributed by atoms with Gasteiger partial charge in [-0.2, -0.15) is 0 Å². The number of aromatic amines is 2. The fourth-order valence-electron chi connectivity index (χ4n) is 3.56. The average Bonchev–Trinajstić information content (AvgIpc) is 3.35. The number of rotatable bonds is 4. The summed E-state index contributed by atoms with van der Waals surface area (Å²) in [5.41, 5.74) is 2.01. The predicted octanol–water partition coefficient (Wildman–Crippen LogP) is 2.99. The summed E-state index contributed by atoms with van der Waals surface area (Å²) in [5, 5.41) is 4.09. The van der Waals surface area contributed by atoms with Gasteiger partial charge in [-0.25, -0.2) is 9.78 Å². The lowest BCUT2D eigenvalue weighted by molar-refractivity contribution is 0.178. The van der Waals surface area contributed by atoms with E-state index in [9.17, 15) is 4.79 Å². The second-order valence-electron chi connectivity index (χ2n) is 6.67. The van der Waals surface area contributed by atoms with E-state index in [1.165, 1.54) is 0 Å². The molecule has 26 heavy (non-hydrogen) atoms. The number of piperidine rings is 1. The number of likely N-dealkylation sites (tertiary alicyclic amines) is 1. The molecule has 1 aromatic carbocycles. The summed E-state index contributed by atoms with van der Waals surface area (Å²) in [7, 11) is 1.66. The highest BCUT2D eigenvalue weighted by atomic mass is 16.5. The predicted molar refractivity (Wildman–Crippen MR) is 99.2 cm³/mol. The van der Waals surface area contributed by atoms with Gasteiger partial charge in [-0.15, -0.1) is 0 Å². The molecule has 2 amide bonds. The molecule has 1 fully saturated rings. The third-order valence-corrected chi connectivity index (χ3v) is 4.93. The van der Waals surface area contributed by atoms with Crippen LogP contribution in [0.4, 0.5) is 4.79 Å². The van der Waals surface area contributed by atoms with Crippen LogP contribution in [0.5, 0.6) is 5.75 Å². The number of nitrogens with one attached hydrogen (secondary N) is 3. The van der Waals surface area contributed by atoms with Crippen molar-refractivity contribution >= 4 is 16.9 Å². The van der Waals surface area contributed by atoms with Crippen LogP contribution in [0.1, 0.15) is 30.3 Å². The number of carbonyl (C=O) groups is 1. The normalized spacial score (nSPS) is 17.4. The molecule has 3 heterocycles. The molecule has 1 aliphatic heterocycles. The van der Waals surface area contributed by atoms with E-state index < -0.39 is 0 Å². The number of imidazole rings is 1. The Morgan fingerprint density at radius 1 is 1.42 bits per heavy atom. The smallest absolute Gasteiger partial charge is 0.317 e. The number of hydrogen-bond donors (Lipinski definition) is 3. The Balaban J connectivity index is 1.37. The van der Waals surface area contributed by atoms with E-state index in [2.05, 4.69) is 20.3 Å². The summed E-state index contributed by atoms with van der Waals surface area (Å²) in [6.07, 6.45) is 5.64. The summed E-state index contributed by atoms with van der Waals surface area (Å²) >= 11 is 0. The van der Waals surface area contributed by atoms with Crippen LogP contribution in [-0.4, -0.2) is 46.1 Å². The largest absolute Gasteiger partial charge is 0.497 e. The van der Waals surface area contributed by atoms with E-state index in [-0.39, 0.29) is 11.9 Å². The quantitative estimate of drug-likeness (QED) is 0.674. The average molecular weight is 353 g/mol. The van der Waals surface area contributed by atoms with E-state index in [0.29, 0.717) is 13.1 Å². The summed E-state index contributed by atoms with van der Waals surface area (Å²) in [6.45, 7) is 1.95. The summed E-state index contributed by atoms with van der Waals surface area (Å²) in [6, 6.07) is 7.90. The summed E-state index contributed by atoms with van der Waals surface area (Å²) < 4.78 is 5.25. The molecular formula is C19H23N5O2.